The largest absolute Gasteiger partial charge is 0.368 e. The molecule has 0 amide bonds. The Kier molecular flexibility index (Phi) is 3.47. The van der Waals surface area contributed by atoms with E-state index in [4.69, 9.17) is 5.73 Å². The molecular weight excluding hydrogens is 304 g/mol. The van der Waals surface area contributed by atoms with Crippen molar-refractivity contribution in [1.29, 1.82) is 0 Å². The second-order valence-corrected chi connectivity index (χ2v) is 7.45. The highest BCUT2D eigenvalue weighted by Gasteiger charge is 2.34. The molecular formula is C11H15BrN2O2S. The van der Waals surface area contributed by atoms with E-state index in [9.17, 15) is 8.42 Å². The molecule has 0 spiro atoms. The molecule has 17 heavy (non-hydrogen) atoms. The van der Waals surface area contributed by atoms with Gasteiger partial charge in [0.25, 0.3) is 0 Å². The van der Waals surface area contributed by atoms with E-state index in [0.717, 1.165) is 10.2 Å². The number of sulfone groups is 1. The van der Waals surface area contributed by atoms with Crippen molar-refractivity contribution in [1.82, 2.24) is 0 Å². The Morgan fingerprint density at radius 3 is 2.88 bits per heavy atom. The molecule has 4 nitrogen and oxygen atoms in total. The van der Waals surface area contributed by atoms with E-state index in [0.29, 0.717) is 24.5 Å². The summed E-state index contributed by atoms with van der Waals surface area (Å²) in [5.41, 5.74) is 6.32. The van der Waals surface area contributed by atoms with Crippen molar-refractivity contribution in [2.75, 3.05) is 24.5 Å². The van der Waals surface area contributed by atoms with Crippen LogP contribution in [0.1, 0.15) is 6.92 Å². The average Bonchev–Trinajstić information content (AvgIpc) is 2.26. The lowest BCUT2D eigenvalue weighted by molar-refractivity contribution is 0.573. The molecule has 1 atom stereocenters. The zero-order chi connectivity index (χ0) is 12.6. The zero-order valence-corrected chi connectivity index (χ0v) is 12.0. The van der Waals surface area contributed by atoms with E-state index in [2.05, 4.69) is 15.9 Å². The summed E-state index contributed by atoms with van der Waals surface area (Å²) in [6, 6.07) is 5.26. The quantitative estimate of drug-likeness (QED) is 0.895. The van der Waals surface area contributed by atoms with Crippen molar-refractivity contribution >= 4 is 31.5 Å². The number of hydrogen-bond donors (Lipinski definition) is 1. The van der Waals surface area contributed by atoms with Crippen LogP contribution in [0, 0.1) is 0 Å². The number of nitrogens with two attached hydrogens (primary N) is 1. The van der Waals surface area contributed by atoms with Crippen LogP contribution in [-0.4, -0.2) is 33.3 Å². The molecule has 0 bridgehead atoms. The summed E-state index contributed by atoms with van der Waals surface area (Å²) in [6.07, 6.45) is 0. The van der Waals surface area contributed by atoms with Crippen LogP contribution in [0.2, 0.25) is 0 Å². The third-order valence-corrected chi connectivity index (χ3v) is 5.63. The van der Waals surface area contributed by atoms with Crippen molar-refractivity contribution in [2.24, 2.45) is 5.73 Å². The number of halogens is 1. The van der Waals surface area contributed by atoms with Crippen molar-refractivity contribution in [3.63, 3.8) is 0 Å². The Morgan fingerprint density at radius 2 is 2.24 bits per heavy atom. The molecule has 2 N–H and O–H groups in total. The van der Waals surface area contributed by atoms with Crippen LogP contribution < -0.4 is 10.6 Å². The molecule has 0 aliphatic carbocycles. The van der Waals surface area contributed by atoms with Crippen molar-refractivity contribution in [2.45, 2.75) is 17.1 Å². The van der Waals surface area contributed by atoms with Gasteiger partial charge in [-0.15, -0.1) is 0 Å². The first kappa shape index (κ1) is 12.9. The van der Waals surface area contributed by atoms with Gasteiger partial charge in [-0.3, -0.25) is 0 Å². The third-order valence-electron chi connectivity index (χ3n) is 2.97. The monoisotopic (exact) mass is 318 g/mol. The number of hydrogen-bond acceptors (Lipinski definition) is 4. The van der Waals surface area contributed by atoms with E-state index >= 15 is 0 Å². The van der Waals surface area contributed by atoms with Crippen molar-refractivity contribution in [3.05, 3.63) is 22.7 Å². The second-order valence-electron chi connectivity index (χ2n) is 4.20. The maximum absolute atomic E-state index is 12.2. The fourth-order valence-electron chi connectivity index (χ4n) is 2.07. The van der Waals surface area contributed by atoms with Crippen molar-refractivity contribution in [3.8, 4) is 0 Å². The Morgan fingerprint density at radius 1 is 1.53 bits per heavy atom. The molecule has 0 saturated carbocycles. The van der Waals surface area contributed by atoms with E-state index in [1.807, 2.05) is 11.0 Å². The van der Waals surface area contributed by atoms with Gasteiger partial charge in [0.2, 0.25) is 0 Å². The minimum atomic E-state index is -3.19. The van der Waals surface area contributed by atoms with Crippen LogP contribution >= 0.6 is 15.9 Å². The molecule has 2 rings (SSSR count). The maximum Gasteiger partial charge on any atom is 0.184 e. The van der Waals surface area contributed by atoms with Gasteiger partial charge in [-0.2, -0.15) is 0 Å². The number of rotatable bonds is 2. The number of fused-ring (bicyclic) bond motifs is 1. The first-order chi connectivity index (χ1) is 7.96. The highest BCUT2D eigenvalue weighted by Crippen LogP contribution is 2.35. The molecule has 94 valence electrons. The lowest BCUT2D eigenvalue weighted by atomic mass is 10.2. The molecule has 1 unspecified atom stereocenters. The van der Waals surface area contributed by atoms with Crippen LogP contribution in [0.4, 0.5) is 5.69 Å². The van der Waals surface area contributed by atoms with E-state index in [1.54, 1.807) is 19.1 Å². The standard InChI is InChI=1S/C11H15BrN2O2S/c1-8-7-14(5-4-13)10-6-9(12)2-3-11(10)17(8,15)16/h2-3,6,8H,4-5,7,13H2,1H3. The van der Waals surface area contributed by atoms with Gasteiger partial charge < -0.3 is 10.6 Å². The molecule has 0 aromatic heterocycles. The van der Waals surface area contributed by atoms with Gasteiger partial charge in [0.1, 0.15) is 0 Å². The summed E-state index contributed by atoms with van der Waals surface area (Å²) in [5, 5.41) is -0.386. The first-order valence-corrected chi connectivity index (χ1v) is 7.79. The molecule has 0 fully saturated rings. The molecule has 1 aliphatic rings. The van der Waals surface area contributed by atoms with Crippen LogP contribution in [0.3, 0.4) is 0 Å². The Hall–Kier alpha value is -0.590. The molecule has 1 aromatic rings. The lowest BCUT2D eigenvalue weighted by Crippen LogP contribution is -2.43. The molecule has 1 heterocycles. The van der Waals surface area contributed by atoms with Gasteiger partial charge >= 0.3 is 0 Å². The van der Waals surface area contributed by atoms with Gasteiger partial charge in [-0.1, -0.05) is 15.9 Å². The SMILES string of the molecule is CC1CN(CCN)c2cc(Br)ccc2S1(=O)=O. The Balaban J connectivity index is 2.58. The molecule has 0 saturated heterocycles. The first-order valence-electron chi connectivity index (χ1n) is 5.45. The smallest absolute Gasteiger partial charge is 0.184 e. The summed E-state index contributed by atoms with van der Waals surface area (Å²) in [7, 11) is -3.19. The maximum atomic E-state index is 12.2. The third kappa shape index (κ3) is 2.21. The summed E-state index contributed by atoms with van der Waals surface area (Å²) in [5.74, 6) is 0. The second kappa shape index (κ2) is 4.59. The minimum Gasteiger partial charge on any atom is -0.368 e. The minimum absolute atomic E-state index is 0.386. The zero-order valence-electron chi connectivity index (χ0n) is 9.56. The van der Waals surface area contributed by atoms with Gasteiger partial charge in [0.15, 0.2) is 9.84 Å². The number of anilines is 1. The van der Waals surface area contributed by atoms with E-state index in [-0.39, 0.29) is 5.25 Å². The summed E-state index contributed by atoms with van der Waals surface area (Å²) in [4.78, 5) is 2.44. The molecule has 6 heteroatoms. The van der Waals surface area contributed by atoms with E-state index in [1.165, 1.54) is 0 Å². The summed E-state index contributed by atoms with van der Waals surface area (Å²) in [6.45, 7) is 3.43. The molecule has 1 aromatic carbocycles. The highest BCUT2D eigenvalue weighted by atomic mass is 79.9. The van der Waals surface area contributed by atoms with Gasteiger partial charge in [0, 0.05) is 24.1 Å². The summed E-state index contributed by atoms with van der Waals surface area (Å²) < 4.78 is 25.3. The van der Waals surface area contributed by atoms with Crippen molar-refractivity contribution < 1.29 is 8.42 Å². The fourth-order valence-corrected chi connectivity index (χ4v) is 3.97. The number of nitrogens with zero attached hydrogens (tertiary/aromatic N) is 1. The predicted octanol–water partition coefficient (Wildman–Crippen LogP) is 1.39. The van der Waals surface area contributed by atoms with Gasteiger partial charge in [-0.25, -0.2) is 8.42 Å². The van der Waals surface area contributed by atoms with E-state index < -0.39 is 9.84 Å². The van der Waals surface area contributed by atoms with Crippen LogP contribution in [0.25, 0.3) is 0 Å². The molecule has 1 aliphatic heterocycles. The van der Waals surface area contributed by atoms with Crippen LogP contribution in [-0.2, 0) is 9.84 Å². The Bertz CT molecular complexity index is 530. The summed E-state index contributed by atoms with van der Waals surface area (Å²) >= 11 is 3.37. The topological polar surface area (TPSA) is 63.4 Å². The van der Waals surface area contributed by atoms with Gasteiger partial charge in [0.05, 0.1) is 15.8 Å². The Labute approximate surface area is 110 Å². The molecule has 0 radical (unpaired) electrons. The van der Waals surface area contributed by atoms with Gasteiger partial charge in [-0.05, 0) is 25.1 Å². The lowest BCUT2D eigenvalue weighted by Gasteiger charge is -2.34. The number of benzene rings is 1. The predicted molar refractivity (Wildman–Crippen MR) is 72.1 cm³/mol. The van der Waals surface area contributed by atoms with Crippen LogP contribution in [0.5, 0.6) is 0 Å². The normalized spacial score (nSPS) is 22.3. The average molecular weight is 319 g/mol. The fraction of sp³-hybridized carbons (Fsp3) is 0.455. The highest BCUT2D eigenvalue weighted by molar-refractivity contribution is 9.10. The van der Waals surface area contributed by atoms with Crippen LogP contribution in [0.15, 0.2) is 27.6 Å².